The van der Waals surface area contributed by atoms with Crippen molar-refractivity contribution in [2.75, 3.05) is 6.61 Å². The largest absolute Gasteiger partial charge is 0.463 e. The molecule has 2 rings (SSSR count). The Labute approximate surface area is 145 Å². The SMILES string of the molecule is CCOC(=O)C1=C(C)NC(C)=C(C(C)=O)C1c1ccccc1[N+](=O)[O-]. The van der Waals surface area contributed by atoms with Gasteiger partial charge in [-0.05, 0) is 27.7 Å². The Kier molecular flexibility index (Phi) is 5.36. The number of ether oxygens (including phenoxy) is 1. The summed E-state index contributed by atoms with van der Waals surface area (Å²) in [4.78, 5) is 35.7. The maximum Gasteiger partial charge on any atom is 0.336 e. The molecule has 1 aromatic rings. The molecule has 1 atom stereocenters. The van der Waals surface area contributed by atoms with E-state index in [2.05, 4.69) is 5.32 Å². The standard InChI is InChI=1S/C18H20N2O5/c1-5-25-18(22)16-11(3)19-10(2)15(12(4)21)17(16)13-8-6-7-9-14(13)20(23)24/h6-9,17,19H,5H2,1-4H3. The van der Waals surface area contributed by atoms with Gasteiger partial charge < -0.3 is 10.1 Å². The molecule has 0 aromatic heterocycles. The van der Waals surface area contributed by atoms with Gasteiger partial charge in [0.15, 0.2) is 5.78 Å². The second kappa shape index (κ2) is 7.29. The van der Waals surface area contributed by atoms with E-state index in [0.717, 1.165) is 0 Å². The average molecular weight is 344 g/mol. The Balaban J connectivity index is 2.77. The van der Waals surface area contributed by atoms with Crippen LogP contribution in [0.3, 0.4) is 0 Å². The van der Waals surface area contributed by atoms with Crippen molar-refractivity contribution < 1.29 is 19.2 Å². The Bertz CT molecular complexity index is 807. The highest BCUT2D eigenvalue weighted by Crippen LogP contribution is 2.42. The van der Waals surface area contributed by atoms with Crippen molar-refractivity contribution in [2.45, 2.75) is 33.6 Å². The Morgan fingerprint density at radius 1 is 1.20 bits per heavy atom. The van der Waals surface area contributed by atoms with Crippen molar-refractivity contribution in [1.29, 1.82) is 0 Å². The minimum Gasteiger partial charge on any atom is -0.463 e. The van der Waals surface area contributed by atoms with Gasteiger partial charge >= 0.3 is 5.97 Å². The number of hydrogen-bond donors (Lipinski definition) is 1. The van der Waals surface area contributed by atoms with Crippen molar-refractivity contribution >= 4 is 17.4 Å². The van der Waals surface area contributed by atoms with Crippen LogP contribution in [0.25, 0.3) is 0 Å². The number of para-hydroxylation sites is 1. The predicted octanol–water partition coefficient (Wildman–Crippen LogP) is 2.98. The molecule has 1 heterocycles. The van der Waals surface area contributed by atoms with E-state index in [-0.39, 0.29) is 23.7 Å². The summed E-state index contributed by atoms with van der Waals surface area (Å²) in [5.74, 6) is -1.70. The van der Waals surface area contributed by atoms with Gasteiger partial charge in [0, 0.05) is 28.6 Å². The fourth-order valence-electron chi connectivity index (χ4n) is 3.15. The molecule has 0 spiro atoms. The fraction of sp³-hybridized carbons (Fsp3) is 0.333. The normalized spacial score (nSPS) is 17.2. The molecule has 0 amide bonds. The summed E-state index contributed by atoms with van der Waals surface area (Å²) in [7, 11) is 0. The summed E-state index contributed by atoms with van der Waals surface area (Å²) >= 11 is 0. The number of hydrogen-bond acceptors (Lipinski definition) is 6. The molecule has 0 saturated carbocycles. The molecule has 1 aromatic carbocycles. The number of nitrogens with one attached hydrogen (secondary N) is 1. The summed E-state index contributed by atoms with van der Waals surface area (Å²) < 4.78 is 5.13. The van der Waals surface area contributed by atoms with Crippen molar-refractivity contribution in [3.63, 3.8) is 0 Å². The number of esters is 1. The molecule has 1 N–H and O–H groups in total. The van der Waals surface area contributed by atoms with E-state index < -0.39 is 16.8 Å². The highest BCUT2D eigenvalue weighted by Gasteiger charge is 2.38. The predicted molar refractivity (Wildman–Crippen MR) is 91.7 cm³/mol. The maximum atomic E-state index is 12.5. The molecule has 7 nitrogen and oxygen atoms in total. The van der Waals surface area contributed by atoms with Gasteiger partial charge in [0.25, 0.3) is 5.69 Å². The van der Waals surface area contributed by atoms with Crippen LogP contribution in [0.4, 0.5) is 5.69 Å². The second-order valence-corrected chi connectivity index (χ2v) is 5.73. The zero-order chi connectivity index (χ0) is 18.7. The zero-order valence-corrected chi connectivity index (χ0v) is 14.6. The first-order chi connectivity index (χ1) is 11.8. The minimum absolute atomic E-state index is 0.143. The van der Waals surface area contributed by atoms with E-state index in [0.29, 0.717) is 22.5 Å². The summed E-state index contributed by atoms with van der Waals surface area (Å²) in [5, 5.41) is 14.5. The smallest absolute Gasteiger partial charge is 0.336 e. The van der Waals surface area contributed by atoms with Crippen LogP contribution in [-0.2, 0) is 14.3 Å². The van der Waals surface area contributed by atoms with Gasteiger partial charge in [-0.2, -0.15) is 0 Å². The highest BCUT2D eigenvalue weighted by molar-refractivity contribution is 6.02. The molecule has 0 aliphatic carbocycles. The number of benzene rings is 1. The third kappa shape index (κ3) is 3.45. The van der Waals surface area contributed by atoms with Gasteiger partial charge in [0.05, 0.1) is 23.0 Å². The molecule has 1 aliphatic heterocycles. The molecule has 7 heteroatoms. The van der Waals surface area contributed by atoms with E-state index >= 15 is 0 Å². The lowest BCUT2D eigenvalue weighted by molar-refractivity contribution is -0.385. The molecule has 1 aliphatic rings. The number of dihydropyridines is 1. The Morgan fingerprint density at radius 2 is 1.80 bits per heavy atom. The van der Waals surface area contributed by atoms with Gasteiger partial charge in [0.1, 0.15) is 0 Å². The molecule has 0 radical (unpaired) electrons. The summed E-state index contributed by atoms with van der Waals surface area (Å²) in [6, 6.07) is 6.13. The third-order valence-electron chi connectivity index (χ3n) is 4.08. The first kappa shape index (κ1) is 18.4. The quantitative estimate of drug-likeness (QED) is 0.501. The number of carbonyl (C=O) groups is 2. The van der Waals surface area contributed by atoms with Crippen LogP contribution in [-0.4, -0.2) is 23.3 Å². The molecule has 0 fully saturated rings. The van der Waals surface area contributed by atoms with Crippen molar-refractivity contribution in [1.82, 2.24) is 5.32 Å². The number of carbonyl (C=O) groups excluding carboxylic acids is 2. The topological polar surface area (TPSA) is 98.5 Å². The van der Waals surface area contributed by atoms with Crippen molar-refractivity contribution in [3.8, 4) is 0 Å². The molecule has 132 valence electrons. The van der Waals surface area contributed by atoms with Crippen LogP contribution >= 0.6 is 0 Å². The monoisotopic (exact) mass is 344 g/mol. The summed E-state index contributed by atoms with van der Waals surface area (Å²) in [6.45, 7) is 6.62. The zero-order valence-electron chi connectivity index (χ0n) is 14.6. The Hall–Kier alpha value is -2.96. The van der Waals surface area contributed by atoms with Crippen LogP contribution in [0.2, 0.25) is 0 Å². The van der Waals surface area contributed by atoms with Crippen molar-refractivity contribution in [3.05, 3.63) is 62.5 Å². The lowest BCUT2D eigenvalue weighted by atomic mass is 9.78. The van der Waals surface area contributed by atoms with Crippen LogP contribution < -0.4 is 5.32 Å². The summed E-state index contributed by atoms with van der Waals surface area (Å²) in [6.07, 6.45) is 0. The molecule has 1 unspecified atom stereocenters. The van der Waals surface area contributed by atoms with Crippen LogP contribution in [0.5, 0.6) is 0 Å². The van der Waals surface area contributed by atoms with Crippen LogP contribution in [0.1, 0.15) is 39.2 Å². The third-order valence-corrected chi connectivity index (χ3v) is 4.08. The lowest BCUT2D eigenvalue weighted by Crippen LogP contribution is -2.31. The van der Waals surface area contributed by atoms with E-state index in [1.165, 1.54) is 13.0 Å². The van der Waals surface area contributed by atoms with Gasteiger partial charge in [-0.25, -0.2) is 4.79 Å². The minimum atomic E-state index is -0.848. The number of ketones is 1. The van der Waals surface area contributed by atoms with Gasteiger partial charge in [-0.3, -0.25) is 14.9 Å². The van der Waals surface area contributed by atoms with E-state index in [9.17, 15) is 19.7 Å². The molecule has 25 heavy (non-hydrogen) atoms. The highest BCUT2D eigenvalue weighted by atomic mass is 16.6. The number of Topliss-reactive ketones (excluding diaryl/α,β-unsaturated/α-hetero) is 1. The summed E-state index contributed by atoms with van der Waals surface area (Å²) in [5.41, 5.74) is 1.77. The van der Waals surface area contributed by atoms with E-state index in [4.69, 9.17) is 4.74 Å². The number of nitro groups is 1. The molecule has 0 bridgehead atoms. The molecular formula is C18H20N2O5. The second-order valence-electron chi connectivity index (χ2n) is 5.73. The maximum absolute atomic E-state index is 12.5. The van der Waals surface area contributed by atoms with Crippen molar-refractivity contribution in [2.24, 2.45) is 0 Å². The number of nitro benzene ring substituents is 1. The molecule has 0 saturated heterocycles. The lowest BCUT2D eigenvalue weighted by Gasteiger charge is -2.30. The molecular weight excluding hydrogens is 324 g/mol. The van der Waals surface area contributed by atoms with E-state index in [1.807, 2.05) is 0 Å². The van der Waals surface area contributed by atoms with Gasteiger partial charge in [-0.1, -0.05) is 18.2 Å². The number of allylic oxidation sites excluding steroid dienone is 3. The Morgan fingerprint density at radius 3 is 2.36 bits per heavy atom. The fourth-order valence-corrected chi connectivity index (χ4v) is 3.15. The first-order valence-electron chi connectivity index (χ1n) is 7.89. The first-order valence-corrected chi connectivity index (χ1v) is 7.89. The van der Waals surface area contributed by atoms with Crippen LogP contribution in [0.15, 0.2) is 46.8 Å². The van der Waals surface area contributed by atoms with Gasteiger partial charge in [-0.15, -0.1) is 0 Å². The average Bonchev–Trinajstić information content (AvgIpc) is 2.53. The number of nitrogens with zero attached hydrogens (tertiary/aromatic N) is 1. The van der Waals surface area contributed by atoms with Gasteiger partial charge in [0.2, 0.25) is 0 Å². The van der Waals surface area contributed by atoms with Crippen LogP contribution in [0, 0.1) is 10.1 Å². The van der Waals surface area contributed by atoms with E-state index in [1.54, 1.807) is 39.0 Å². The number of rotatable bonds is 5.